The van der Waals surface area contributed by atoms with Crippen molar-refractivity contribution in [2.75, 3.05) is 24.5 Å². The summed E-state index contributed by atoms with van der Waals surface area (Å²) < 4.78 is 0. The van der Waals surface area contributed by atoms with Crippen molar-refractivity contribution in [2.45, 2.75) is 19.8 Å². The Kier molecular flexibility index (Phi) is 4.52. The van der Waals surface area contributed by atoms with Crippen LogP contribution in [-0.2, 0) is 4.84 Å². The van der Waals surface area contributed by atoms with Crippen molar-refractivity contribution < 1.29 is 4.84 Å². The van der Waals surface area contributed by atoms with E-state index < -0.39 is 0 Å². The van der Waals surface area contributed by atoms with Gasteiger partial charge in [-0.05, 0) is 6.42 Å². The molecule has 16 heavy (non-hydrogen) atoms. The van der Waals surface area contributed by atoms with Gasteiger partial charge in [-0.15, -0.1) is 5.11 Å². The van der Waals surface area contributed by atoms with Crippen LogP contribution in [0.5, 0.6) is 0 Å². The van der Waals surface area contributed by atoms with Crippen molar-refractivity contribution >= 4 is 17.8 Å². The summed E-state index contributed by atoms with van der Waals surface area (Å²) in [5.41, 5.74) is 12.2. The number of hydroxylamine groups is 1. The molecule has 0 unspecified atom stereocenters. The number of nitrogens with zero attached hydrogens (tertiary/aromatic N) is 5. The minimum absolute atomic E-state index is 0.0157. The first-order valence-corrected chi connectivity index (χ1v) is 4.93. The normalized spacial score (nSPS) is 10.1. The van der Waals surface area contributed by atoms with Crippen molar-refractivity contribution in [3.63, 3.8) is 0 Å². The van der Waals surface area contributed by atoms with E-state index >= 15 is 0 Å². The number of anilines is 2. The van der Waals surface area contributed by atoms with Gasteiger partial charge in [0.15, 0.2) is 0 Å². The van der Waals surface area contributed by atoms with Crippen molar-refractivity contribution in [3.05, 3.63) is 0 Å². The van der Waals surface area contributed by atoms with Crippen molar-refractivity contribution in [3.8, 4) is 0 Å². The average molecular weight is 225 g/mol. The zero-order valence-electron chi connectivity index (χ0n) is 9.34. The lowest BCUT2D eigenvalue weighted by Crippen LogP contribution is -2.21. The highest BCUT2D eigenvalue weighted by Gasteiger charge is 2.08. The summed E-state index contributed by atoms with van der Waals surface area (Å²) in [6.07, 6.45) is 1.99. The van der Waals surface area contributed by atoms with Gasteiger partial charge >= 0.3 is 0 Å². The fraction of sp³-hybridized carbons (Fsp3) is 0.625. The molecule has 88 valence electrons. The zero-order valence-corrected chi connectivity index (χ0v) is 9.34. The van der Waals surface area contributed by atoms with Crippen molar-refractivity contribution in [2.24, 2.45) is 5.11 Å². The highest BCUT2D eigenvalue weighted by molar-refractivity contribution is 5.36. The van der Waals surface area contributed by atoms with E-state index in [4.69, 9.17) is 16.1 Å². The summed E-state index contributed by atoms with van der Waals surface area (Å²) in [5, 5.41) is 4.49. The van der Waals surface area contributed by atoms with Gasteiger partial charge in [-0.1, -0.05) is 13.3 Å². The number of rotatable bonds is 6. The Hall–Kier alpha value is -1.83. The van der Waals surface area contributed by atoms with Gasteiger partial charge in [-0.25, -0.2) is 10.6 Å². The second kappa shape index (κ2) is 5.91. The molecule has 3 N–H and O–H groups in total. The molecule has 0 aliphatic heterocycles. The molecule has 8 heteroatoms. The fourth-order valence-electron chi connectivity index (χ4n) is 0.964. The van der Waals surface area contributed by atoms with Crippen LogP contribution in [0.4, 0.5) is 17.8 Å². The predicted octanol–water partition coefficient (Wildman–Crippen LogP) is 1.28. The zero-order chi connectivity index (χ0) is 12.0. The second-order valence-corrected chi connectivity index (χ2v) is 3.09. The highest BCUT2D eigenvalue weighted by atomic mass is 16.7. The van der Waals surface area contributed by atoms with Crippen LogP contribution >= 0.6 is 0 Å². The first-order valence-electron chi connectivity index (χ1n) is 4.93. The minimum Gasteiger partial charge on any atom is -0.368 e. The number of hydrogen-bond donors (Lipinski definition) is 2. The Labute approximate surface area is 93.3 Å². The maximum absolute atomic E-state index is 6.80. The van der Waals surface area contributed by atoms with E-state index in [1.165, 1.54) is 5.06 Å². The van der Waals surface area contributed by atoms with Gasteiger partial charge < -0.3 is 5.73 Å². The van der Waals surface area contributed by atoms with E-state index in [0.717, 1.165) is 12.8 Å². The van der Waals surface area contributed by atoms with Gasteiger partial charge in [0.1, 0.15) is 0 Å². The molecule has 0 saturated heterocycles. The van der Waals surface area contributed by atoms with Crippen molar-refractivity contribution in [1.29, 1.82) is 5.53 Å². The molecule has 0 saturated carbocycles. The topological polar surface area (TPSA) is 113 Å². The lowest BCUT2D eigenvalue weighted by molar-refractivity contribution is 0.115. The maximum atomic E-state index is 6.80. The largest absolute Gasteiger partial charge is 0.368 e. The van der Waals surface area contributed by atoms with Gasteiger partial charge in [-0.2, -0.15) is 15.0 Å². The van der Waals surface area contributed by atoms with E-state index in [-0.39, 0.29) is 17.8 Å². The summed E-state index contributed by atoms with van der Waals surface area (Å²) in [4.78, 5) is 16.7. The Bertz CT molecular complexity index is 356. The minimum atomic E-state index is -0.0339. The average Bonchev–Trinajstić information content (AvgIpc) is 2.28. The molecule has 0 radical (unpaired) electrons. The smallest absolute Gasteiger partial charge is 0.274 e. The number of nitrogens with two attached hydrogens (primary N) is 1. The van der Waals surface area contributed by atoms with E-state index in [9.17, 15) is 0 Å². The lowest BCUT2D eigenvalue weighted by atomic mass is 10.4. The number of unbranched alkanes of at least 4 members (excludes halogenated alkanes) is 1. The van der Waals surface area contributed by atoms with E-state index in [0.29, 0.717) is 6.61 Å². The monoisotopic (exact) mass is 225 g/mol. The lowest BCUT2D eigenvalue weighted by Gasteiger charge is -2.16. The Balaban J connectivity index is 2.70. The van der Waals surface area contributed by atoms with Gasteiger partial charge in [0.05, 0.1) is 6.61 Å². The maximum Gasteiger partial charge on any atom is 0.274 e. The molecule has 0 aliphatic carbocycles. The molecule has 1 aromatic heterocycles. The van der Waals surface area contributed by atoms with Gasteiger partial charge in [0.2, 0.25) is 5.95 Å². The Morgan fingerprint density at radius 1 is 1.44 bits per heavy atom. The van der Waals surface area contributed by atoms with Crippen molar-refractivity contribution in [1.82, 2.24) is 15.0 Å². The number of nitrogen functional groups attached to an aromatic ring is 1. The fourth-order valence-corrected chi connectivity index (χ4v) is 0.964. The quantitative estimate of drug-likeness (QED) is 0.428. The van der Waals surface area contributed by atoms with Crippen LogP contribution in [0.3, 0.4) is 0 Å². The summed E-state index contributed by atoms with van der Waals surface area (Å²) in [6, 6.07) is 0. The molecule has 0 atom stereocenters. The summed E-state index contributed by atoms with van der Waals surface area (Å²) in [6.45, 7) is 2.65. The third kappa shape index (κ3) is 3.39. The van der Waals surface area contributed by atoms with Gasteiger partial charge in [0, 0.05) is 7.05 Å². The summed E-state index contributed by atoms with van der Waals surface area (Å²) >= 11 is 0. The number of aromatic nitrogens is 3. The second-order valence-electron chi connectivity index (χ2n) is 3.09. The molecule has 0 spiro atoms. The molecule has 0 bridgehead atoms. The van der Waals surface area contributed by atoms with Crippen LogP contribution in [0.2, 0.25) is 0 Å². The van der Waals surface area contributed by atoms with Crippen LogP contribution in [0, 0.1) is 5.53 Å². The molecule has 0 fully saturated rings. The standard InChI is InChI=1S/C8H15N7O/c1-3-4-5-16-15(2)8-12-6(9)11-7(13-8)14-10/h10H,3-5H2,1-2H3,(H2,9,11,12,13). The summed E-state index contributed by atoms with van der Waals surface area (Å²) in [5.74, 6) is 0.227. The summed E-state index contributed by atoms with van der Waals surface area (Å²) in [7, 11) is 1.66. The SMILES string of the molecule is CCCCON(C)c1nc(N)nc(N=N)n1. The number of hydrogen-bond acceptors (Lipinski definition) is 8. The molecular weight excluding hydrogens is 210 g/mol. The first kappa shape index (κ1) is 12.2. The molecule has 1 heterocycles. The molecule has 0 amide bonds. The van der Waals surface area contributed by atoms with E-state index in [1.807, 2.05) is 0 Å². The molecule has 8 nitrogen and oxygen atoms in total. The third-order valence-corrected chi connectivity index (χ3v) is 1.79. The Morgan fingerprint density at radius 2 is 2.19 bits per heavy atom. The van der Waals surface area contributed by atoms with E-state index in [1.54, 1.807) is 7.05 Å². The third-order valence-electron chi connectivity index (χ3n) is 1.79. The molecular formula is C8H15N7O. The molecule has 1 rings (SSSR count). The molecule has 0 aliphatic rings. The van der Waals surface area contributed by atoms with Gasteiger partial charge in [0.25, 0.3) is 11.9 Å². The van der Waals surface area contributed by atoms with Crippen LogP contribution in [0.25, 0.3) is 0 Å². The first-order chi connectivity index (χ1) is 7.67. The molecule has 1 aromatic rings. The van der Waals surface area contributed by atoms with Gasteiger partial charge in [-0.3, -0.25) is 4.84 Å². The predicted molar refractivity (Wildman–Crippen MR) is 58.3 cm³/mol. The van der Waals surface area contributed by atoms with Crippen LogP contribution in [0.1, 0.15) is 19.8 Å². The van der Waals surface area contributed by atoms with Crippen LogP contribution < -0.4 is 10.8 Å². The molecule has 0 aromatic carbocycles. The Morgan fingerprint density at radius 3 is 2.81 bits per heavy atom. The number of nitrogens with one attached hydrogen (secondary N) is 1. The van der Waals surface area contributed by atoms with Crippen LogP contribution in [-0.4, -0.2) is 28.6 Å². The van der Waals surface area contributed by atoms with E-state index in [2.05, 4.69) is 27.0 Å². The van der Waals surface area contributed by atoms with Crippen LogP contribution in [0.15, 0.2) is 5.11 Å². The highest BCUT2D eigenvalue weighted by Crippen LogP contribution is 2.12.